The van der Waals surface area contributed by atoms with Gasteiger partial charge in [-0.25, -0.2) is 0 Å². The van der Waals surface area contributed by atoms with Gasteiger partial charge in [-0.05, 0) is 23.3 Å². The number of piperidine rings is 1. The molecule has 0 bridgehead atoms. The van der Waals surface area contributed by atoms with Crippen molar-refractivity contribution in [1.29, 1.82) is 0 Å². The molecule has 31 heavy (non-hydrogen) atoms. The van der Waals surface area contributed by atoms with E-state index in [0.717, 1.165) is 43.9 Å². The van der Waals surface area contributed by atoms with Gasteiger partial charge in [-0.1, -0.05) is 78.9 Å². The van der Waals surface area contributed by atoms with Crippen LogP contribution in [0.5, 0.6) is 5.75 Å². The van der Waals surface area contributed by atoms with Crippen LogP contribution < -0.4 is 10.2 Å². The molecule has 0 radical (unpaired) electrons. The van der Waals surface area contributed by atoms with Gasteiger partial charge in [0.2, 0.25) is 0 Å². The minimum absolute atomic E-state index is 0.181. The van der Waals surface area contributed by atoms with Crippen molar-refractivity contribution in [2.75, 3.05) is 13.1 Å². The molecule has 0 amide bonds. The number of nitrogens with one attached hydrogen (secondary N) is 1. The summed E-state index contributed by atoms with van der Waals surface area (Å²) in [6.45, 7) is 3.03. The van der Waals surface area contributed by atoms with Crippen molar-refractivity contribution < 1.29 is 4.74 Å². The van der Waals surface area contributed by atoms with Crippen LogP contribution in [0, 0.1) is 0 Å². The number of hydrogen-bond donors (Lipinski definition) is 1. The Kier molecular flexibility index (Phi) is 4.55. The fourth-order valence-electron chi connectivity index (χ4n) is 5.15. The minimum atomic E-state index is -0.334. The zero-order valence-electron chi connectivity index (χ0n) is 17.6. The Morgan fingerprint density at radius 2 is 1.52 bits per heavy atom. The molecule has 1 atom stereocenters. The van der Waals surface area contributed by atoms with E-state index in [0.29, 0.717) is 0 Å². The van der Waals surface area contributed by atoms with Crippen LogP contribution in [0.4, 0.5) is 0 Å². The van der Waals surface area contributed by atoms with Gasteiger partial charge in [0.1, 0.15) is 5.75 Å². The number of ether oxygens (including phenoxy) is 1. The zero-order valence-corrected chi connectivity index (χ0v) is 17.6. The normalized spacial score (nSPS) is 22.2. The number of nitrogens with zero attached hydrogens (tertiary/aromatic N) is 2. The second-order valence-corrected chi connectivity index (χ2v) is 8.72. The predicted octanol–water partition coefficient (Wildman–Crippen LogP) is 4.97. The number of benzene rings is 3. The summed E-state index contributed by atoms with van der Waals surface area (Å²) < 4.78 is 6.76. The smallest absolute Gasteiger partial charge is 0.182 e. The maximum Gasteiger partial charge on any atom is 0.182 e. The standard InChI is InChI=1S/C27H27N3O/c1-3-9-21(10-4-1)20-29-17-15-27(16-18-29)30-25(23-13-7-8-14-26(23)31-27)19-24(28-30)22-11-5-2-6-12-22/h1-14,19,25,28H,15-18,20H2/t25-/m1/s1. The van der Waals surface area contributed by atoms with Crippen LogP contribution in [-0.4, -0.2) is 28.7 Å². The van der Waals surface area contributed by atoms with Crippen LogP contribution in [0.1, 0.15) is 35.6 Å². The van der Waals surface area contributed by atoms with E-state index in [1.54, 1.807) is 0 Å². The summed E-state index contributed by atoms with van der Waals surface area (Å²) >= 11 is 0. The van der Waals surface area contributed by atoms with Gasteiger partial charge < -0.3 is 10.2 Å². The molecule has 1 saturated heterocycles. The number of rotatable bonds is 3. The second kappa shape index (κ2) is 7.56. The van der Waals surface area contributed by atoms with E-state index in [-0.39, 0.29) is 11.8 Å². The first-order chi connectivity index (χ1) is 15.3. The summed E-state index contributed by atoms with van der Waals surface area (Å²) in [4.78, 5) is 2.54. The van der Waals surface area contributed by atoms with E-state index in [9.17, 15) is 0 Å². The van der Waals surface area contributed by atoms with Crippen molar-refractivity contribution in [1.82, 2.24) is 15.3 Å². The van der Waals surface area contributed by atoms with Crippen LogP contribution in [-0.2, 0) is 6.54 Å². The molecule has 3 aromatic carbocycles. The van der Waals surface area contributed by atoms with Gasteiger partial charge in [0.05, 0.1) is 11.7 Å². The Bertz CT molecular complexity index is 1090. The van der Waals surface area contributed by atoms with Crippen LogP contribution in [0.2, 0.25) is 0 Å². The lowest BCUT2D eigenvalue weighted by molar-refractivity contribution is -0.160. The molecule has 3 aliphatic rings. The fraction of sp³-hybridized carbons (Fsp3) is 0.259. The summed E-state index contributed by atoms with van der Waals surface area (Å²) in [7, 11) is 0. The number of fused-ring (bicyclic) bond motifs is 4. The monoisotopic (exact) mass is 409 g/mol. The topological polar surface area (TPSA) is 27.7 Å². The lowest BCUT2D eigenvalue weighted by Crippen LogP contribution is -2.63. The van der Waals surface area contributed by atoms with E-state index >= 15 is 0 Å². The third-order valence-corrected chi connectivity index (χ3v) is 6.79. The van der Waals surface area contributed by atoms with Crippen molar-refractivity contribution in [2.24, 2.45) is 0 Å². The Morgan fingerprint density at radius 1 is 0.839 bits per heavy atom. The molecule has 4 nitrogen and oxygen atoms in total. The molecule has 1 spiro atoms. The van der Waals surface area contributed by atoms with E-state index in [4.69, 9.17) is 4.74 Å². The Balaban J connectivity index is 1.28. The van der Waals surface area contributed by atoms with Crippen molar-refractivity contribution in [3.05, 3.63) is 108 Å². The molecule has 0 unspecified atom stereocenters. The molecule has 3 heterocycles. The summed E-state index contributed by atoms with van der Waals surface area (Å²) in [6, 6.07) is 30.0. The van der Waals surface area contributed by atoms with E-state index in [1.807, 2.05) is 0 Å². The third-order valence-electron chi connectivity index (χ3n) is 6.79. The number of likely N-dealkylation sites (tertiary alicyclic amines) is 1. The SMILES string of the molecule is C1=C(c2ccccc2)NN2[C@H]1c1ccccc1OC21CCN(Cc2ccccc2)CC1. The molecule has 1 fully saturated rings. The van der Waals surface area contributed by atoms with E-state index in [1.165, 1.54) is 16.7 Å². The first-order valence-electron chi connectivity index (χ1n) is 11.2. The van der Waals surface area contributed by atoms with Gasteiger partial charge >= 0.3 is 0 Å². The minimum Gasteiger partial charge on any atom is -0.470 e. The van der Waals surface area contributed by atoms with Gasteiger partial charge in [-0.2, -0.15) is 5.01 Å². The van der Waals surface area contributed by atoms with Crippen LogP contribution in [0.15, 0.2) is 91.0 Å². The van der Waals surface area contributed by atoms with Gasteiger partial charge in [0.25, 0.3) is 0 Å². The number of hydrazine groups is 1. The van der Waals surface area contributed by atoms with Crippen LogP contribution in [0.3, 0.4) is 0 Å². The molecular weight excluding hydrogens is 382 g/mol. The highest BCUT2D eigenvalue weighted by Gasteiger charge is 2.51. The molecule has 1 N–H and O–H groups in total. The van der Waals surface area contributed by atoms with Gasteiger partial charge in [-0.15, -0.1) is 0 Å². The van der Waals surface area contributed by atoms with Crippen LogP contribution >= 0.6 is 0 Å². The predicted molar refractivity (Wildman–Crippen MR) is 123 cm³/mol. The van der Waals surface area contributed by atoms with Gasteiger partial charge in [-0.3, -0.25) is 4.90 Å². The third kappa shape index (κ3) is 3.32. The number of para-hydroxylation sites is 1. The van der Waals surface area contributed by atoms with Gasteiger partial charge in [0.15, 0.2) is 5.72 Å². The molecule has 156 valence electrons. The average molecular weight is 410 g/mol. The quantitative estimate of drug-likeness (QED) is 0.661. The van der Waals surface area contributed by atoms with Crippen molar-refractivity contribution >= 4 is 5.70 Å². The highest BCUT2D eigenvalue weighted by atomic mass is 16.5. The lowest BCUT2D eigenvalue weighted by atomic mass is 9.92. The molecule has 0 aliphatic carbocycles. The van der Waals surface area contributed by atoms with E-state index < -0.39 is 0 Å². The first-order valence-corrected chi connectivity index (χ1v) is 11.2. The molecule has 0 saturated carbocycles. The lowest BCUT2D eigenvalue weighted by Gasteiger charge is -2.51. The molecule has 3 aromatic rings. The maximum atomic E-state index is 6.76. The van der Waals surface area contributed by atoms with E-state index in [2.05, 4.69) is 106 Å². The van der Waals surface area contributed by atoms with Crippen LogP contribution in [0.25, 0.3) is 5.70 Å². The highest BCUT2D eigenvalue weighted by Crippen LogP contribution is 2.48. The van der Waals surface area contributed by atoms with Gasteiger partial charge in [0, 0.05) is 38.0 Å². The average Bonchev–Trinajstić information content (AvgIpc) is 3.29. The zero-order chi connectivity index (χ0) is 20.7. The Morgan fingerprint density at radius 3 is 2.29 bits per heavy atom. The molecular formula is C27H27N3O. The molecule has 3 aliphatic heterocycles. The summed E-state index contributed by atoms with van der Waals surface area (Å²) in [5, 5.41) is 2.37. The maximum absolute atomic E-state index is 6.76. The fourth-order valence-corrected chi connectivity index (χ4v) is 5.15. The first kappa shape index (κ1) is 18.7. The van der Waals surface area contributed by atoms with Crippen molar-refractivity contribution in [3.63, 3.8) is 0 Å². The van der Waals surface area contributed by atoms with Crippen molar-refractivity contribution in [3.8, 4) is 5.75 Å². The highest BCUT2D eigenvalue weighted by molar-refractivity contribution is 5.67. The Labute approximate surface area is 183 Å². The van der Waals surface area contributed by atoms with Crippen molar-refractivity contribution in [2.45, 2.75) is 31.2 Å². The summed E-state index contributed by atoms with van der Waals surface area (Å²) in [6.07, 6.45) is 4.29. The second-order valence-electron chi connectivity index (χ2n) is 8.72. The Hall–Kier alpha value is -3.08. The summed E-state index contributed by atoms with van der Waals surface area (Å²) in [5.41, 5.74) is 8.38. The molecule has 4 heteroatoms. The molecule has 6 rings (SSSR count). The summed E-state index contributed by atoms with van der Waals surface area (Å²) in [5.74, 6) is 1.02. The number of hydrogen-bond acceptors (Lipinski definition) is 4. The largest absolute Gasteiger partial charge is 0.470 e. The molecule has 0 aromatic heterocycles.